The van der Waals surface area contributed by atoms with Gasteiger partial charge >= 0.3 is 5.97 Å². The summed E-state index contributed by atoms with van der Waals surface area (Å²) < 4.78 is 4.65. The molecule has 0 unspecified atom stereocenters. The van der Waals surface area contributed by atoms with Crippen molar-refractivity contribution >= 4 is 5.97 Å². The maximum Gasteiger partial charge on any atom is 0.307 e. The molecule has 0 heterocycles. The summed E-state index contributed by atoms with van der Waals surface area (Å²) in [5.74, 6) is 0.538. The van der Waals surface area contributed by atoms with Crippen LogP contribution < -0.4 is 0 Å². The van der Waals surface area contributed by atoms with Crippen LogP contribution in [-0.4, -0.2) is 5.97 Å². The van der Waals surface area contributed by atoms with E-state index < -0.39 is 0 Å². The number of hydrogen-bond donors (Lipinski definition) is 0. The summed E-state index contributed by atoms with van der Waals surface area (Å²) in [4.78, 5) is 10.3. The highest BCUT2D eigenvalue weighted by Crippen LogP contribution is 2.08. The van der Waals surface area contributed by atoms with Gasteiger partial charge in [-0.2, -0.15) is 0 Å². The molecular formula is C11H20O2. The van der Waals surface area contributed by atoms with Gasteiger partial charge in [-0.05, 0) is 24.8 Å². The molecule has 0 aromatic rings. The van der Waals surface area contributed by atoms with E-state index in [9.17, 15) is 4.79 Å². The molecule has 13 heavy (non-hydrogen) atoms. The summed E-state index contributed by atoms with van der Waals surface area (Å²) in [6.45, 7) is 5.87. The zero-order valence-corrected chi connectivity index (χ0v) is 8.88. The molecule has 0 bridgehead atoms. The SMILES string of the molecule is CC(=O)OC=CCCCCC(C)C. The van der Waals surface area contributed by atoms with E-state index in [1.165, 1.54) is 32.4 Å². The number of hydrogen-bond acceptors (Lipinski definition) is 2. The van der Waals surface area contributed by atoms with E-state index in [1.807, 2.05) is 6.08 Å². The van der Waals surface area contributed by atoms with Gasteiger partial charge in [-0.25, -0.2) is 0 Å². The molecule has 0 radical (unpaired) electrons. The molecule has 0 aromatic carbocycles. The molecule has 2 nitrogen and oxygen atoms in total. The highest BCUT2D eigenvalue weighted by Gasteiger charge is 1.92. The van der Waals surface area contributed by atoms with Crippen LogP contribution >= 0.6 is 0 Å². The van der Waals surface area contributed by atoms with Gasteiger partial charge in [-0.1, -0.05) is 26.7 Å². The van der Waals surface area contributed by atoms with Crippen molar-refractivity contribution < 1.29 is 9.53 Å². The number of unbranched alkanes of at least 4 members (excludes halogenated alkanes) is 2. The van der Waals surface area contributed by atoms with Crippen molar-refractivity contribution in [3.8, 4) is 0 Å². The van der Waals surface area contributed by atoms with Crippen molar-refractivity contribution in [1.82, 2.24) is 0 Å². The number of ether oxygens (including phenoxy) is 1. The predicted molar refractivity (Wildman–Crippen MR) is 54.2 cm³/mol. The number of allylic oxidation sites excluding steroid dienone is 1. The molecule has 0 aliphatic rings. The quantitative estimate of drug-likeness (QED) is 0.360. The number of esters is 1. The van der Waals surface area contributed by atoms with Crippen LogP contribution in [0.15, 0.2) is 12.3 Å². The van der Waals surface area contributed by atoms with Crippen molar-refractivity contribution in [1.29, 1.82) is 0 Å². The number of carbonyl (C=O) groups excluding carboxylic acids is 1. The van der Waals surface area contributed by atoms with Crippen LogP contribution in [0.25, 0.3) is 0 Å². The van der Waals surface area contributed by atoms with Gasteiger partial charge in [-0.3, -0.25) is 4.79 Å². The fourth-order valence-corrected chi connectivity index (χ4v) is 1.03. The Hall–Kier alpha value is -0.790. The van der Waals surface area contributed by atoms with E-state index in [1.54, 1.807) is 0 Å². The van der Waals surface area contributed by atoms with Crippen LogP contribution in [0.4, 0.5) is 0 Å². The van der Waals surface area contributed by atoms with E-state index in [2.05, 4.69) is 18.6 Å². The molecule has 0 aliphatic heterocycles. The zero-order chi connectivity index (χ0) is 10.1. The van der Waals surface area contributed by atoms with Gasteiger partial charge in [0.05, 0.1) is 6.26 Å². The maximum absolute atomic E-state index is 10.3. The molecule has 0 aromatic heterocycles. The number of rotatable bonds is 6. The van der Waals surface area contributed by atoms with Crippen molar-refractivity contribution in [2.45, 2.75) is 46.5 Å². The third-order valence-corrected chi connectivity index (χ3v) is 1.73. The molecule has 76 valence electrons. The van der Waals surface area contributed by atoms with Gasteiger partial charge in [-0.15, -0.1) is 0 Å². The first-order valence-electron chi connectivity index (χ1n) is 4.95. The lowest BCUT2D eigenvalue weighted by molar-refractivity contribution is -0.135. The van der Waals surface area contributed by atoms with E-state index in [-0.39, 0.29) is 5.97 Å². The van der Waals surface area contributed by atoms with Gasteiger partial charge in [0.1, 0.15) is 0 Å². The molecule has 0 saturated carbocycles. The molecule has 0 amide bonds. The normalized spacial score (nSPS) is 11.1. The minimum atomic E-state index is -0.251. The van der Waals surface area contributed by atoms with Crippen molar-refractivity contribution in [2.24, 2.45) is 5.92 Å². The van der Waals surface area contributed by atoms with Gasteiger partial charge in [0.15, 0.2) is 0 Å². The molecule has 0 saturated heterocycles. The Labute approximate surface area is 81.0 Å². The molecule has 0 aliphatic carbocycles. The van der Waals surface area contributed by atoms with Gasteiger partial charge < -0.3 is 4.74 Å². The van der Waals surface area contributed by atoms with Crippen molar-refractivity contribution in [3.63, 3.8) is 0 Å². The van der Waals surface area contributed by atoms with Crippen molar-refractivity contribution in [2.75, 3.05) is 0 Å². The molecule has 0 N–H and O–H groups in total. The summed E-state index contributed by atoms with van der Waals surface area (Å²) in [5, 5.41) is 0. The highest BCUT2D eigenvalue weighted by molar-refractivity contribution is 5.66. The van der Waals surface area contributed by atoms with Crippen LogP contribution in [-0.2, 0) is 9.53 Å². The fraction of sp³-hybridized carbons (Fsp3) is 0.727. The van der Waals surface area contributed by atoms with E-state index in [0.29, 0.717) is 0 Å². The minimum Gasteiger partial charge on any atom is -0.435 e. The second-order valence-electron chi connectivity index (χ2n) is 3.66. The van der Waals surface area contributed by atoms with E-state index in [0.717, 1.165) is 12.3 Å². The van der Waals surface area contributed by atoms with Gasteiger partial charge in [0.25, 0.3) is 0 Å². The fourth-order valence-electron chi connectivity index (χ4n) is 1.03. The first-order valence-corrected chi connectivity index (χ1v) is 4.95. The monoisotopic (exact) mass is 184 g/mol. The summed E-state index contributed by atoms with van der Waals surface area (Å²) >= 11 is 0. The summed E-state index contributed by atoms with van der Waals surface area (Å²) in [6, 6.07) is 0. The van der Waals surface area contributed by atoms with E-state index in [4.69, 9.17) is 0 Å². The molecule has 0 fully saturated rings. The van der Waals surface area contributed by atoms with Crippen LogP contribution in [0.1, 0.15) is 46.5 Å². The standard InChI is InChI=1S/C11H20O2/c1-10(2)8-6-4-5-7-9-13-11(3)12/h7,9-10H,4-6,8H2,1-3H3. The molecular weight excluding hydrogens is 164 g/mol. The van der Waals surface area contributed by atoms with Gasteiger partial charge in [0.2, 0.25) is 0 Å². The average Bonchev–Trinajstić information content (AvgIpc) is 2.01. The molecule has 0 atom stereocenters. The minimum absolute atomic E-state index is 0.251. The lowest BCUT2D eigenvalue weighted by atomic mass is 10.1. The van der Waals surface area contributed by atoms with Crippen LogP contribution in [0.3, 0.4) is 0 Å². The Kier molecular flexibility index (Phi) is 7.36. The molecule has 0 spiro atoms. The lowest BCUT2D eigenvalue weighted by Gasteiger charge is -2.01. The second kappa shape index (κ2) is 7.84. The van der Waals surface area contributed by atoms with E-state index >= 15 is 0 Å². The Morgan fingerprint density at radius 1 is 1.38 bits per heavy atom. The summed E-state index contributed by atoms with van der Waals surface area (Å²) in [5.41, 5.74) is 0. The smallest absolute Gasteiger partial charge is 0.307 e. The predicted octanol–water partition coefficient (Wildman–Crippen LogP) is 3.28. The topological polar surface area (TPSA) is 26.3 Å². The Bertz CT molecular complexity index is 159. The first kappa shape index (κ1) is 12.2. The Morgan fingerprint density at radius 3 is 2.62 bits per heavy atom. The van der Waals surface area contributed by atoms with Crippen molar-refractivity contribution in [3.05, 3.63) is 12.3 Å². The van der Waals surface area contributed by atoms with Crippen LogP contribution in [0.5, 0.6) is 0 Å². The highest BCUT2D eigenvalue weighted by atomic mass is 16.5. The molecule has 0 rings (SSSR count). The third kappa shape index (κ3) is 11.2. The Morgan fingerprint density at radius 2 is 2.08 bits per heavy atom. The van der Waals surface area contributed by atoms with Crippen LogP contribution in [0, 0.1) is 5.92 Å². The summed E-state index contributed by atoms with van der Waals surface area (Å²) in [7, 11) is 0. The van der Waals surface area contributed by atoms with Gasteiger partial charge in [0, 0.05) is 6.92 Å². The average molecular weight is 184 g/mol. The van der Waals surface area contributed by atoms with Crippen LogP contribution in [0.2, 0.25) is 0 Å². The number of carbonyl (C=O) groups is 1. The zero-order valence-electron chi connectivity index (χ0n) is 8.88. The third-order valence-electron chi connectivity index (χ3n) is 1.73. The summed E-state index contributed by atoms with van der Waals surface area (Å²) in [6.07, 6.45) is 8.10. The second-order valence-corrected chi connectivity index (χ2v) is 3.66. The molecule has 2 heteroatoms. The lowest BCUT2D eigenvalue weighted by Crippen LogP contribution is -1.89. The first-order chi connectivity index (χ1) is 6.13. The maximum atomic E-state index is 10.3. The Balaban J connectivity index is 3.16. The largest absolute Gasteiger partial charge is 0.435 e.